The Morgan fingerprint density at radius 3 is 2.62 bits per heavy atom. The van der Waals surface area contributed by atoms with E-state index in [1.54, 1.807) is 6.20 Å². The Balaban J connectivity index is 2.27. The van der Waals surface area contributed by atoms with Crippen LogP contribution in [-0.4, -0.2) is 9.78 Å². The third-order valence-electron chi connectivity index (χ3n) is 3.50. The fraction of sp³-hybridized carbons (Fsp3) is 0.750. The molecule has 0 spiro atoms. The van der Waals surface area contributed by atoms with Crippen LogP contribution in [0.4, 0.5) is 0 Å². The van der Waals surface area contributed by atoms with Gasteiger partial charge in [0.1, 0.15) is 0 Å². The maximum Gasteiger partial charge on any atom is 0.0834 e. The lowest BCUT2D eigenvalue weighted by molar-refractivity contribution is 0.398. The Morgan fingerprint density at radius 1 is 1.44 bits per heavy atom. The van der Waals surface area contributed by atoms with Crippen molar-refractivity contribution in [3.63, 3.8) is 0 Å². The summed E-state index contributed by atoms with van der Waals surface area (Å²) in [7, 11) is 0. The first-order chi connectivity index (χ1) is 7.61. The van der Waals surface area contributed by atoms with Crippen molar-refractivity contribution < 1.29 is 0 Å². The van der Waals surface area contributed by atoms with E-state index in [9.17, 15) is 0 Å². The van der Waals surface area contributed by atoms with Crippen molar-refractivity contribution in [2.75, 3.05) is 0 Å². The molecule has 1 aromatic rings. The average Bonchev–Trinajstić information content (AvgIpc) is 2.84. The summed E-state index contributed by atoms with van der Waals surface area (Å²) in [6, 6.07) is 0.356. The van der Waals surface area contributed by atoms with Gasteiger partial charge in [0.05, 0.1) is 23.0 Å². The van der Waals surface area contributed by atoms with E-state index in [2.05, 4.69) is 18.9 Å². The highest BCUT2D eigenvalue weighted by Crippen LogP contribution is 2.37. The van der Waals surface area contributed by atoms with E-state index < -0.39 is 0 Å². The van der Waals surface area contributed by atoms with Gasteiger partial charge in [0, 0.05) is 6.04 Å². The molecule has 1 heterocycles. The van der Waals surface area contributed by atoms with Crippen LogP contribution in [0, 0.1) is 5.92 Å². The first-order valence-electron chi connectivity index (χ1n) is 6.09. The van der Waals surface area contributed by atoms with E-state index in [-0.39, 0.29) is 6.04 Å². The Morgan fingerprint density at radius 2 is 2.06 bits per heavy atom. The number of aromatic nitrogens is 2. The summed E-state index contributed by atoms with van der Waals surface area (Å²) in [5.74, 6) is 0.576. The Labute approximate surface area is 102 Å². The van der Waals surface area contributed by atoms with Gasteiger partial charge in [0.25, 0.3) is 0 Å². The fourth-order valence-electron chi connectivity index (χ4n) is 2.61. The molecule has 2 N–H and O–H groups in total. The van der Waals surface area contributed by atoms with Crippen molar-refractivity contribution in [1.82, 2.24) is 9.78 Å². The van der Waals surface area contributed by atoms with Crippen LogP contribution in [0.15, 0.2) is 6.20 Å². The predicted molar refractivity (Wildman–Crippen MR) is 66.5 cm³/mol. The molecular weight excluding hydrogens is 222 g/mol. The van der Waals surface area contributed by atoms with E-state index >= 15 is 0 Å². The molecule has 3 nitrogen and oxygen atoms in total. The first kappa shape index (κ1) is 11.9. The Hall–Kier alpha value is -0.540. The first-order valence-corrected chi connectivity index (χ1v) is 6.47. The van der Waals surface area contributed by atoms with Gasteiger partial charge in [0.2, 0.25) is 0 Å². The van der Waals surface area contributed by atoms with Crippen LogP contribution >= 0.6 is 11.6 Å². The van der Waals surface area contributed by atoms with Gasteiger partial charge in [-0.05, 0) is 32.6 Å². The summed E-state index contributed by atoms with van der Waals surface area (Å²) < 4.78 is 1.96. The summed E-state index contributed by atoms with van der Waals surface area (Å²) in [6.45, 7) is 4.21. The molecule has 0 radical (unpaired) electrons. The second-order valence-electron chi connectivity index (χ2n) is 4.99. The SMILES string of the molecule is CC(C)n1ncc(Cl)c1C(N)C1CCCC1. The molecule has 90 valence electrons. The van der Waals surface area contributed by atoms with Gasteiger partial charge in [-0.1, -0.05) is 24.4 Å². The second kappa shape index (κ2) is 4.76. The average molecular weight is 242 g/mol. The lowest BCUT2D eigenvalue weighted by Gasteiger charge is -2.22. The molecule has 1 saturated carbocycles. The minimum Gasteiger partial charge on any atom is -0.322 e. The zero-order chi connectivity index (χ0) is 11.7. The van der Waals surface area contributed by atoms with Crippen LogP contribution in [0.1, 0.15) is 57.3 Å². The van der Waals surface area contributed by atoms with Gasteiger partial charge in [-0.15, -0.1) is 0 Å². The summed E-state index contributed by atoms with van der Waals surface area (Å²) >= 11 is 6.20. The lowest BCUT2D eigenvalue weighted by Crippen LogP contribution is -2.24. The Kier molecular flexibility index (Phi) is 3.55. The minimum absolute atomic E-state index is 0.0416. The normalized spacial score (nSPS) is 19.6. The maximum atomic E-state index is 6.34. The molecule has 2 rings (SSSR count). The highest BCUT2D eigenvalue weighted by Gasteiger charge is 2.28. The molecule has 1 aliphatic carbocycles. The van der Waals surface area contributed by atoms with Gasteiger partial charge >= 0.3 is 0 Å². The summed E-state index contributed by atoms with van der Waals surface area (Å²) in [5, 5.41) is 5.03. The van der Waals surface area contributed by atoms with Crippen LogP contribution in [0.3, 0.4) is 0 Å². The van der Waals surface area contributed by atoms with E-state index in [4.69, 9.17) is 17.3 Å². The molecule has 0 aliphatic heterocycles. The van der Waals surface area contributed by atoms with Gasteiger partial charge in [-0.2, -0.15) is 5.10 Å². The molecular formula is C12H20ClN3. The topological polar surface area (TPSA) is 43.8 Å². The van der Waals surface area contributed by atoms with Crippen molar-refractivity contribution in [2.24, 2.45) is 11.7 Å². The number of nitrogens with two attached hydrogens (primary N) is 1. The van der Waals surface area contributed by atoms with Crippen LogP contribution in [0.2, 0.25) is 5.02 Å². The molecule has 1 aliphatic rings. The van der Waals surface area contributed by atoms with E-state index in [0.717, 1.165) is 5.69 Å². The molecule has 1 atom stereocenters. The molecule has 0 aromatic carbocycles. The van der Waals surface area contributed by atoms with E-state index in [1.165, 1.54) is 25.7 Å². The van der Waals surface area contributed by atoms with Crippen molar-refractivity contribution >= 4 is 11.6 Å². The van der Waals surface area contributed by atoms with Gasteiger partial charge < -0.3 is 5.73 Å². The van der Waals surface area contributed by atoms with E-state index in [0.29, 0.717) is 17.0 Å². The Bertz CT molecular complexity index is 353. The third kappa shape index (κ3) is 2.11. The summed E-state index contributed by atoms with van der Waals surface area (Å²) in [5.41, 5.74) is 7.36. The fourth-order valence-corrected chi connectivity index (χ4v) is 2.87. The van der Waals surface area contributed by atoms with Gasteiger partial charge in [-0.3, -0.25) is 4.68 Å². The number of halogens is 1. The van der Waals surface area contributed by atoms with Crippen LogP contribution in [0.5, 0.6) is 0 Å². The molecule has 1 aromatic heterocycles. The molecule has 1 unspecified atom stereocenters. The number of rotatable bonds is 3. The molecule has 0 bridgehead atoms. The zero-order valence-corrected chi connectivity index (χ0v) is 10.7. The molecule has 0 amide bonds. The maximum absolute atomic E-state index is 6.34. The monoisotopic (exact) mass is 241 g/mol. The van der Waals surface area contributed by atoms with Crippen LogP contribution in [0.25, 0.3) is 0 Å². The van der Waals surface area contributed by atoms with Gasteiger partial charge in [0.15, 0.2) is 0 Å². The minimum atomic E-state index is 0.0416. The van der Waals surface area contributed by atoms with Crippen molar-refractivity contribution in [3.05, 3.63) is 16.9 Å². The highest BCUT2D eigenvalue weighted by atomic mass is 35.5. The largest absolute Gasteiger partial charge is 0.322 e. The quantitative estimate of drug-likeness (QED) is 0.883. The van der Waals surface area contributed by atoms with Crippen molar-refractivity contribution in [3.8, 4) is 0 Å². The second-order valence-corrected chi connectivity index (χ2v) is 5.39. The van der Waals surface area contributed by atoms with Crippen LogP contribution < -0.4 is 5.73 Å². The standard InChI is InChI=1S/C12H20ClN3/c1-8(2)16-12(10(13)7-15-16)11(14)9-5-3-4-6-9/h7-9,11H,3-6,14H2,1-2H3. The molecule has 16 heavy (non-hydrogen) atoms. The molecule has 4 heteroatoms. The predicted octanol–water partition coefficient (Wildman–Crippen LogP) is 3.31. The van der Waals surface area contributed by atoms with E-state index in [1.807, 2.05) is 4.68 Å². The third-order valence-corrected chi connectivity index (χ3v) is 3.79. The van der Waals surface area contributed by atoms with Gasteiger partial charge in [-0.25, -0.2) is 0 Å². The molecule has 1 fully saturated rings. The summed E-state index contributed by atoms with van der Waals surface area (Å²) in [4.78, 5) is 0. The molecule has 0 saturated heterocycles. The van der Waals surface area contributed by atoms with Crippen molar-refractivity contribution in [2.45, 2.75) is 51.6 Å². The summed E-state index contributed by atoms with van der Waals surface area (Å²) in [6.07, 6.45) is 6.75. The highest BCUT2D eigenvalue weighted by molar-refractivity contribution is 6.31. The lowest BCUT2D eigenvalue weighted by atomic mass is 9.96. The number of hydrogen-bond donors (Lipinski definition) is 1. The number of hydrogen-bond acceptors (Lipinski definition) is 2. The van der Waals surface area contributed by atoms with Crippen molar-refractivity contribution in [1.29, 1.82) is 0 Å². The van der Waals surface area contributed by atoms with Crippen LogP contribution in [-0.2, 0) is 0 Å². The number of nitrogens with zero attached hydrogens (tertiary/aromatic N) is 2. The zero-order valence-electron chi connectivity index (χ0n) is 9.99. The smallest absolute Gasteiger partial charge is 0.0834 e.